The fourth-order valence-corrected chi connectivity index (χ4v) is 4.43. The molecule has 0 N–H and O–H groups in total. The van der Waals surface area contributed by atoms with E-state index in [2.05, 4.69) is 4.98 Å². The summed E-state index contributed by atoms with van der Waals surface area (Å²) in [6, 6.07) is 16.5. The van der Waals surface area contributed by atoms with Crippen LogP contribution in [0, 0.1) is 10.1 Å². The molecule has 0 radical (unpaired) electrons. The molecule has 0 aliphatic rings. The van der Waals surface area contributed by atoms with Crippen molar-refractivity contribution in [1.29, 1.82) is 0 Å². The Kier molecular flexibility index (Phi) is 5.41. The van der Waals surface area contributed by atoms with Gasteiger partial charge in [-0.2, -0.15) is 0 Å². The van der Waals surface area contributed by atoms with Crippen molar-refractivity contribution in [2.45, 2.75) is 4.90 Å². The van der Waals surface area contributed by atoms with Gasteiger partial charge in [-0.05, 0) is 42.5 Å². The summed E-state index contributed by atoms with van der Waals surface area (Å²) in [6.07, 6.45) is 0. The number of pyridine rings is 1. The molecule has 0 unspecified atom stereocenters. The number of nitro benzene ring substituents is 1. The number of rotatable bonds is 5. The number of ketones is 1. The zero-order valence-corrected chi connectivity index (χ0v) is 17.1. The number of nitrogens with zero attached hydrogens (tertiary/aromatic N) is 2. The molecule has 4 rings (SSSR count). The van der Waals surface area contributed by atoms with E-state index in [1.165, 1.54) is 36.0 Å². The Morgan fingerprint density at radius 1 is 0.931 bits per heavy atom. The maximum absolute atomic E-state index is 12.6. The van der Waals surface area contributed by atoms with Crippen molar-refractivity contribution >= 4 is 68.2 Å². The largest absolute Gasteiger partial charge is 0.293 e. The molecule has 8 heteroatoms. The summed E-state index contributed by atoms with van der Waals surface area (Å²) in [5, 5.41) is 13.7. The van der Waals surface area contributed by atoms with Crippen LogP contribution in [0.5, 0.6) is 0 Å². The van der Waals surface area contributed by atoms with E-state index in [9.17, 15) is 14.9 Å². The lowest BCUT2D eigenvalue weighted by atomic mass is 10.1. The summed E-state index contributed by atoms with van der Waals surface area (Å²) in [6.45, 7) is 0. The van der Waals surface area contributed by atoms with Crippen LogP contribution in [0.15, 0.2) is 65.6 Å². The van der Waals surface area contributed by atoms with E-state index in [4.69, 9.17) is 23.2 Å². The first-order valence-corrected chi connectivity index (χ1v) is 10.3. The molecule has 1 heterocycles. The molecule has 5 nitrogen and oxygen atoms in total. The van der Waals surface area contributed by atoms with Crippen LogP contribution in [0.1, 0.15) is 10.4 Å². The molecule has 0 saturated carbocycles. The minimum Gasteiger partial charge on any atom is -0.293 e. The Labute approximate surface area is 179 Å². The average Bonchev–Trinajstić information content (AvgIpc) is 2.71. The molecule has 29 heavy (non-hydrogen) atoms. The normalized spacial score (nSPS) is 11.1. The van der Waals surface area contributed by atoms with Gasteiger partial charge in [0.25, 0.3) is 5.69 Å². The number of thioether (sulfide) groups is 1. The highest BCUT2D eigenvalue weighted by atomic mass is 35.5. The topological polar surface area (TPSA) is 73.1 Å². The van der Waals surface area contributed by atoms with Crippen LogP contribution in [0.3, 0.4) is 0 Å². The third-order valence-electron chi connectivity index (χ3n) is 4.40. The van der Waals surface area contributed by atoms with Gasteiger partial charge in [0.05, 0.1) is 21.7 Å². The minimum absolute atomic E-state index is 0.0492. The van der Waals surface area contributed by atoms with Gasteiger partial charge in [-0.15, -0.1) is 11.8 Å². The first-order valence-electron chi connectivity index (χ1n) is 8.51. The number of non-ortho nitro benzene ring substituents is 1. The molecule has 144 valence electrons. The van der Waals surface area contributed by atoms with Crippen molar-refractivity contribution in [2.75, 3.05) is 5.75 Å². The SMILES string of the molecule is O=C(CSc1c2ccc(Cl)cc2nc2ccc(Cl)cc12)c1ccc([N+](=O)[O-])cc1. The molecule has 0 spiro atoms. The van der Waals surface area contributed by atoms with Crippen molar-refractivity contribution in [3.63, 3.8) is 0 Å². The molecule has 0 fully saturated rings. The molecule has 0 saturated heterocycles. The summed E-state index contributed by atoms with van der Waals surface area (Å²) in [7, 11) is 0. The predicted molar refractivity (Wildman–Crippen MR) is 117 cm³/mol. The van der Waals surface area contributed by atoms with E-state index in [1.807, 2.05) is 18.2 Å². The van der Waals surface area contributed by atoms with Gasteiger partial charge in [0, 0.05) is 43.4 Å². The molecular formula is C21H12Cl2N2O3S. The van der Waals surface area contributed by atoms with Crippen LogP contribution in [-0.2, 0) is 0 Å². The third kappa shape index (κ3) is 4.05. The molecule has 0 bridgehead atoms. The summed E-state index contributed by atoms with van der Waals surface area (Å²) < 4.78 is 0. The second-order valence-corrected chi connectivity index (χ2v) is 8.14. The first kappa shape index (κ1) is 19.6. The maximum atomic E-state index is 12.6. The van der Waals surface area contributed by atoms with Crippen LogP contribution in [0.4, 0.5) is 5.69 Å². The van der Waals surface area contributed by atoms with Gasteiger partial charge in [0.2, 0.25) is 0 Å². The van der Waals surface area contributed by atoms with Crippen molar-refractivity contribution < 1.29 is 9.72 Å². The summed E-state index contributed by atoms with van der Waals surface area (Å²) in [5.41, 5.74) is 1.87. The molecule has 0 aliphatic heterocycles. The quantitative estimate of drug-likeness (QED) is 0.115. The fraction of sp³-hybridized carbons (Fsp3) is 0.0476. The Hall–Kier alpha value is -2.67. The van der Waals surface area contributed by atoms with E-state index in [0.717, 1.165) is 26.7 Å². The maximum Gasteiger partial charge on any atom is 0.269 e. The van der Waals surface area contributed by atoms with E-state index in [1.54, 1.807) is 18.2 Å². The number of hydrogen-bond acceptors (Lipinski definition) is 5. The molecule has 0 aliphatic carbocycles. The molecule has 0 atom stereocenters. The zero-order chi connectivity index (χ0) is 20.5. The first-order chi connectivity index (χ1) is 13.9. The number of Topliss-reactive ketones (excluding diaryl/α,β-unsaturated/α-hetero) is 1. The third-order valence-corrected chi connectivity index (χ3v) is 6.00. The van der Waals surface area contributed by atoms with Crippen molar-refractivity contribution in [3.05, 3.63) is 86.4 Å². The number of benzene rings is 3. The smallest absolute Gasteiger partial charge is 0.269 e. The number of hydrogen-bond donors (Lipinski definition) is 0. The number of carbonyl (C=O) groups is 1. The predicted octanol–water partition coefficient (Wildman–Crippen LogP) is 6.58. The second-order valence-electron chi connectivity index (χ2n) is 6.28. The zero-order valence-electron chi connectivity index (χ0n) is 14.8. The molecule has 1 aromatic heterocycles. The van der Waals surface area contributed by atoms with E-state index in [-0.39, 0.29) is 17.2 Å². The van der Waals surface area contributed by atoms with Gasteiger partial charge in [-0.1, -0.05) is 29.3 Å². The van der Waals surface area contributed by atoms with Crippen molar-refractivity contribution in [1.82, 2.24) is 4.98 Å². The highest BCUT2D eigenvalue weighted by Crippen LogP contribution is 2.36. The van der Waals surface area contributed by atoms with Crippen LogP contribution in [0.2, 0.25) is 10.0 Å². The van der Waals surface area contributed by atoms with Gasteiger partial charge >= 0.3 is 0 Å². The lowest BCUT2D eigenvalue weighted by Crippen LogP contribution is -2.03. The van der Waals surface area contributed by atoms with Crippen LogP contribution in [-0.4, -0.2) is 21.4 Å². The standard InChI is InChI=1S/C21H12Cl2N2O3S/c22-13-4-8-18-17(9-13)21(16-7-3-14(23)10-19(16)24-18)29-11-20(26)12-1-5-15(6-2-12)25(27)28/h1-10H,11H2. The van der Waals surface area contributed by atoms with Crippen molar-refractivity contribution in [3.8, 4) is 0 Å². The van der Waals surface area contributed by atoms with E-state index >= 15 is 0 Å². The van der Waals surface area contributed by atoms with Crippen LogP contribution in [0.25, 0.3) is 21.8 Å². The highest BCUT2D eigenvalue weighted by Gasteiger charge is 2.15. The Bertz CT molecular complexity index is 1280. The van der Waals surface area contributed by atoms with Gasteiger partial charge in [-0.3, -0.25) is 14.9 Å². The van der Waals surface area contributed by atoms with Gasteiger partial charge in [0.1, 0.15) is 0 Å². The van der Waals surface area contributed by atoms with Crippen LogP contribution >= 0.6 is 35.0 Å². The second kappa shape index (κ2) is 7.99. The highest BCUT2D eigenvalue weighted by molar-refractivity contribution is 8.00. The molecule has 0 amide bonds. The lowest BCUT2D eigenvalue weighted by Gasteiger charge is -2.11. The summed E-state index contributed by atoms with van der Waals surface area (Å²) in [4.78, 5) is 28.5. The average molecular weight is 443 g/mol. The lowest BCUT2D eigenvalue weighted by molar-refractivity contribution is -0.384. The monoisotopic (exact) mass is 442 g/mol. The summed E-state index contributed by atoms with van der Waals surface area (Å²) >= 11 is 13.7. The molecule has 3 aromatic carbocycles. The number of aromatic nitrogens is 1. The van der Waals surface area contributed by atoms with Crippen LogP contribution < -0.4 is 0 Å². The number of fused-ring (bicyclic) bond motifs is 2. The van der Waals surface area contributed by atoms with E-state index < -0.39 is 4.92 Å². The Morgan fingerprint density at radius 2 is 1.62 bits per heavy atom. The number of halogens is 2. The summed E-state index contributed by atoms with van der Waals surface area (Å²) in [5.74, 6) is 0.0419. The fourth-order valence-electron chi connectivity index (χ4n) is 3.00. The van der Waals surface area contributed by atoms with E-state index in [0.29, 0.717) is 15.6 Å². The Morgan fingerprint density at radius 3 is 2.34 bits per heavy atom. The van der Waals surface area contributed by atoms with Gasteiger partial charge in [0.15, 0.2) is 5.78 Å². The minimum atomic E-state index is -0.493. The number of carbonyl (C=O) groups excluding carboxylic acids is 1. The molecular weight excluding hydrogens is 431 g/mol. The van der Waals surface area contributed by atoms with Crippen molar-refractivity contribution in [2.24, 2.45) is 0 Å². The number of nitro groups is 1. The van der Waals surface area contributed by atoms with Gasteiger partial charge in [-0.25, -0.2) is 4.98 Å². The Balaban J connectivity index is 1.71. The van der Waals surface area contributed by atoms with Gasteiger partial charge < -0.3 is 0 Å². The molecule has 4 aromatic rings.